The Labute approximate surface area is 85.5 Å². The van der Waals surface area contributed by atoms with Gasteiger partial charge in [0.05, 0.1) is 0 Å². The van der Waals surface area contributed by atoms with E-state index in [-0.39, 0.29) is 11.3 Å². The molecule has 1 unspecified atom stereocenters. The molecule has 0 aromatic heterocycles. The molecule has 0 bridgehead atoms. The van der Waals surface area contributed by atoms with Gasteiger partial charge in [0.25, 0.3) is 0 Å². The third-order valence-electron chi connectivity index (χ3n) is 2.10. The molecule has 0 aliphatic rings. The van der Waals surface area contributed by atoms with Gasteiger partial charge < -0.3 is 10.8 Å². The summed E-state index contributed by atoms with van der Waals surface area (Å²) in [5, 5.41) is 9.38. The zero-order valence-corrected chi connectivity index (χ0v) is 8.17. The normalized spacial score (nSPS) is 13.9. The number of phenolic OH excluding ortho intramolecular Hbond substituents is 1. The van der Waals surface area contributed by atoms with Crippen molar-refractivity contribution < 1.29 is 18.3 Å². The number of benzene rings is 1. The minimum atomic E-state index is -4.43. The lowest BCUT2D eigenvalue weighted by atomic mass is 10.0. The van der Waals surface area contributed by atoms with Crippen LogP contribution in [-0.4, -0.2) is 17.3 Å². The van der Waals surface area contributed by atoms with E-state index in [1.54, 1.807) is 13.0 Å². The highest BCUT2D eigenvalue weighted by Gasteiger charge is 2.36. The first-order valence-electron chi connectivity index (χ1n) is 4.41. The molecule has 1 atom stereocenters. The van der Waals surface area contributed by atoms with Crippen LogP contribution in [0.2, 0.25) is 0 Å². The van der Waals surface area contributed by atoms with Crippen molar-refractivity contribution in [3.05, 3.63) is 29.3 Å². The van der Waals surface area contributed by atoms with E-state index in [2.05, 4.69) is 0 Å². The zero-order valence-electron chi connectivity index (χ0n) is 8.17. The summed E-state index contributed by atoms with van der Waals surface area (Å²) in [6.45, 7) is 1.74. The lowest BCUT2D eigenvalue weighted by Crippen LogP contribution is -2.39. The summed E-state index contributed by atoms with van der Waals surface area (Å²) in [5.74, 6) is -0.144. The molecule has 2 nitrogen and oxygen atoms in total. The average Bonchev–Trinajstić information content (AvgIpc) is 2.08. The smallest absolute Gasteiger partial charge is 0.403 e. The summed E-state index contributed by atoms with van der Waals surface area (Å²) in [4.78, 5) is 0. The molecule has 5 heteroatoms. The van der Waals surface area contributed by atoms with E-state index < -0.39 is 18.6 Å². The van der Waals surface area contributed by atoms with Crippen LogP contribution in [-0.2, 0) is 6.42 Å². The highest BCUT2D eigenvalue weighted by Crippen LogP contribution is 2.25. The SMILES string of the molecule is Cc1ccc(CC(N)C(F)(F)F)c(O)c1. The highest BCUT2D eigenvalue weighted by molar-refractivity contribution is 5.36. The maximum Gasteiger partial charge on any atom is 0.403 e. The van der Waals surface area contributed by atoms with Gasteiger partial charge >= 0.3 is 6.18 Å². The minimum Gasteiger partial charge on any atom is -0.508 e. The molecule has 1 rings (SSSR count). The van der Waals surface area contributed by atoms with E-state index in [1.165, 1.54) is 12.1 Å². The second-order valence-corrected chi connectivity index (χ2v) is 3.48. The van der Waals surface area contributed by atoms with Crippen molar-refractivity contribution >= 4 is 0 Å². The molecular weight excluding hydrogens is 207 g/mol. The van der Waals surface area contributed by atoms with Crippen LogP contribution in [0.25, 0.3) is 0 Å². The van der Waals surface area contributed by atoms with E-state index >= 15 is 0 Å². The number of hydrogen-bond acceptors (Lipinski definition) is 2. The Bertz CT molecular complexity index is 349. The molecule has 0 radical (unpaired) electrons. The van der Waals surface area contributed by atoms with Gasteiger partial charge in [-0.05, 0) is 30.5 Å². The molecule has 1 aromatic rings. The fourth-order valence-corrected chi connectivity index (χ4v) is 1.20. The number of nitrogens with two attached hydrogens (primary N) is 1. The van der Waals surface area contributed by atoms with Crippen LogP contribution in [0.4, 0.5) is 13.2 Å². The molecule has 0 fully saturated rings. The van der Waals surface area contributed by atoms with E-state index in [0.717, 1.165) is 5.56 Å². The molecule has 0 saturated heterocycles. The predicted octanol–water partition coefficient (Wildman–Crippen LogP) is 2.13. The maximum absolute atomic E-state index is 12.1. The predicted molar refractivity (Wildman–Crippen MR) is 50.6 cm³/mol. The number of aryl methyl sites for hydroxylation is 1. The summed E-state index contributed by atoms with van der Waals surface area (Å²) < 4.78 is 36.4. The third-order valence-corrected chi connectivity index (χ3v) is 2.10. The lowest BCUT2D eigenvalue weighted by Gasteiger charge is -2.16. The number of hydrogen-bond donors (Lipinski definition) is 2. The van der Waals surface area contributed by atoms with E-state index in [4.69, 9.17) is 5.73 Å². The minimum absolute atomic E-state index is 0.144. The van der Waals surface area contributed by atoms with Crippen molar-refractivity contribution in [1.29, 1.82) is 0 Å². The van der Waals surface area contributed by atoms with Gasteiger partial charge in [-0.15, -0.1) is 0 Å². The summed E-state index contributed by atoms with van der Waals surface area (Å²) in [7, 11) is 0. The van der Waals surface area contributed by atoms with Crippen molar-refractivity contribution in [2.24, 2.45) is 5.73 Å². The molecule has 0 aliphatic carbocycles. The summed E-state index contributed by atoms with van der Waals surface area (Å²) >= 11 is 0. The molecule has 0 spiro atoms. The van der Waals surface area contributed by atoms with Crippen molar-refractivity contribution in [3.8, 4) is 5.75 Å². The fraction of sp³-hybridized carbons (Fsp3) is 0.400. The highest BCUT2D eigenvalue weighted by atomic mass is 19.4. The van der Waals surface area contributed by atoms with Crippen molar-refractivity contribution in [2.75, 3.05) is 0 Å². The molecule has 15 heavy (non-hydrogen) atoms. The lowest BCUT2D eigenvalue weighted by molar-refractivity contribution is -0.147. The van der Waals surface area contributed by atoms with Crippen LogP contribution >= 0.6 is 0 Å². The molecule has 0 aliphatic heterocycles. The number of alkyl halides is 3. The quantitative estimate of drug-likeness (QED) is 0.800. The van der Waals surface area contributed by atoms with Crippen LogP contribution < -0.4 is 5.73 Å². The third kappa shape index (κ3) is 3.13. The summed E-state index contributed by atoms with van der Waals surface area (Å²) in [6, 6.07) is 2.57. The van der Waals surface area contributed by atoms with Crippen LogP contribution in [0.5, 0.6) is 5.75 Å². The fourth-order valence-electron chi connectivity index (χ4n) is 1.20. The maximum atomic E-state index is 12.1. The van der Waals surface area contributed by atoms with Crippen molar-refractivity contribution in [1.82, 2.24) is 0 Å². The average molecular weight is 219 g/mol. The monoisotopic (exact) mass is 219 g/mol. The first-order valence-corrected chi connectivity index (χ1v) is 4.41. The Kier molecular flexibility index (Phi) is 3.24. The Morgan fingerprint density at radius 1 is 1.40 bits per heavy atom. The van der Waals surface area contributed by atoms with Gasteiger partial charge in [-0.1, -0.05) is 12.1 Å². The molecule has 0 amide bonds. The summed E-state index contributed by atoms with van der Waals surface area (Å²) in [5.41, 5.74) is 5.96. The molecular formula is C10H12F3NO. The van der Waals surface area contributed by atoms with Gasteiger partial charge in [0.1, 0.15) is 11.8 Å². The van der Waals surface area contributed by atoms with E-state index in [1.807, 2.05) is 0 Å². The van der Waals surface area contributed by atoms with Crippen molar-refractivity contribution in [3.63, 3.8) is 0 Å². The number of aromatic hydroxyl groups is 1. The second-order valence-electron chi connectivity index (χ2n) is 3.48. The number of halogens is 3. The van der Waals surface area contributed by atoms with Gasteiger partial charge in [-0.3, -0.25) is 0 Å². The molecule has 1 aromatic carbocycles. The summed E-state index contributed by atoms with van der Waals surface area (Å²) in [6.07, 6.45) is -4.84. The topological polar surface area (TPSA) is 46.2 Å². The van der Waals surface area contributed by atoms with E-state index in [0.29, 0.717) is 0 Å². The Morgan fingerprint density at radius 3 is 2.47 bits per heavy atom. The zero-order chi connectivity index (χ0) is 11.6. The first-order chi connectivity index (χ1) is 6.80. The van der Waals surface area contributed by atoms with Gasteiger partial charge in [-0.2, -0.15) is 13.2 Å². The van der Waals surface area contributed by atoms with Gasteiger partial charge in [0, 0.05) is 0 Å². The van der Waals surface area contributed by atoms with E-state index in [9.17, 15) is 18.3 Å². The largest absolute Gasteiger partial charge is 0.508 e. The van der Waals surface area contributed by atoms with Crippen LogP contribution in [0.3, 0.4) is 0 Å². The van der Waals surface area contributed by atoms with Crippen LogP contribution in [0.1, 0.15) is 11.1 Å². The Hall–Kier alpha value is -1.23. The van der Waals surface area contributed by atoms with Gasteiger partial charge in [0.2, 0.25) is 0 Å². The molecule has 84 valence electrons. The molecule has 3 N–H and O–H groups in total. The second kappa shape index (κ2) is 4.10. The Morgan fingerprint density at radius 2 is 2.00 bits per heavy atom. The van der Waals surface area contributed by atoms with Crippen LogP contribution in [0, 0.1) is 6.92 Å². The van der Waals surface area contributed by atoms with Gasteiger partial charge in [0.15, 0.2) is 0 Å². The number of rotatable bonds is 2. The van der Waals surface area contributed by atoms with Crippen LogP contribution in [0.15, 0.2) is 18.2 Å². The number of phenols is 1. The Balaban J connectivity index is 2.82. The molecule has 0 saturated carbocycles. The standard InChI is InChI=1S/C10H12F3NO/c1-6-2-3-7(8(15)4-6)5-9(14)10(11,12)13/h2-4,9,15H,5,14H2,1H3. The van der Waals surface area contributed by atoms with Crippen molar-refractivity contribution in [2.45, 2.75) is 25.6 Å². The van der Waals surface area contributed by atoms with Gasteiger partial charge in [-0.25, -0.2) is 0 Å². The first kappa shape index (κ1) is 11.8. The molecule has 0 heterocycles.